The monoisotopic (exact) mass is 512 g/mol. The minimum atomic E-state index is -0.533. The lowest BCUT2D eigenvalue weighted by Gasteiger charge is -2.32. The van der Waals surface area contributed by atoms with E-state index < -0.39 is 5.79 Å². The van der Waals surface area contributed by atoms with E-state index in [1.165, 1.54) is 25.8 Å². The van der Waals surface area contributed by atoms with Crippen molar-refractivity contribution in [1.82, 2.24) is 0 Å². The predicted octanol–water partition coefficient (Wildman–Crippen LogP) is 5.60. The highest BCUT2D eigenvalue weighted by atomic mass is 32.2. The first-order valence-electron chi connectivity index (χ1n) is 13.1. The summed E-state index contributed by atoms with van der Waals surface area (Å²) in [4.78, 5) is 35.2. The van der Waals surface area contributed by atoms with Gasteiger partial charge in [0, 0.05) is 44.3 Å². The number of hydrogen-bond donors (Lipinski definition) is 0. The van der Waals surface area contributed by atoms with E-state index in [9.17, 15) is 14.4 Å². The van der Waals surface area contributed by atoms with Gasteiger partial charge in [0.1, 0.15) is 6.10 Å². The summed E-state index contributed by atoms with van der Waals surface area (Å²) in [7, 11) is 1.40. The lowest BCUT2D eigenvalue weighted by Crippen LogP contribution is -2.33. The lowest BCUT2D eigenvalue weighted by atomic mass is 9.85. The summed E-state index contributed by atoms with van der Waals surface area (Å²) in [5.74, 6) is -0.676. The SMILES string of the molecule is CCCCCC1(CC[C@@H]2[C@@H](C/C=C\CCCC(=O)OC)[C@@H](OC(C)=O)C[C@H]2SC(C)=O)OCCO1. The standard InChI is InChI=1S/C27H44O7S/c1-5-6-11-15-27(32-17-18-33-27)16-14-23-22(12-9-7-8-10-13-26(30)31-4)24(34-20(2)28)19-25(23)35-21(3)29/h7,9,22-25H,5-6,8,10-19H2,1-4H3/b9-7-/t22-,23-,24+,25-/m1/s1. The first-order valence-corrected chi connectivity index (χ1v) is 14.0. The molecule has 0 aromatic heterocycles. The Morgan fingerprint density at radius 1 is 1.03 bits per heavy atom. The zero-order chi connectivity index (χ0) is 25.7. The summed E-state index contributed by atoms with van der Waals surface area (Å²) in [5.41, 5.74) is 0. The van der Waals surface area contributed by atoms with Gasteiger partial charge in [0.05, 0.1) is 20.3 Å². The van der Waals surface area contributed by atoms with E-state index in [-0.39, 0.29) is 40.2 Å². The highest BCUT2D eigenvalue weighted by Gasteiger charge is 2.46. The van der Waals surface area contributed by atoms with Crippen LogP contribution >= 0.6 is 11.8 Å². The molecule has 0 unspecified atom stereocenters. The Labute approximate surface area is 215 Å². The van der Waals surface area contributed by atoms with Gasteiger partial charge in [-0.05, 0) is 44.4 Å². The van der Waals surface area contributed by atoms with Crippen molar-refractivity contribution in [2.24, 2.45) is 11.8 Å². The lowest BCUT2D eigenvalue weighted by molar-refractivity contribution is -0.171. The van der Waals surface area contributed by atoms with E-state index in [2.05, 4.69) is 19.1 Å². The van der Waals surface area contributed by atoms with Crippen molar-refractivity contribution in [2.45, 2.75) is 109 Å². The molecule has 4 atom stereocenters. The van der Waals surface area contributed by atoms with Crippen LogP contribution in [-0.2, 0) is 33.3 Å². The van der Waals surface area contributed by atoms with Gasteiger partial charge in [-0.3, -0.25) is 14.4 Å². The van der Waals surface area contributed by atoms with Crippen molar-refractivity contribution >= 4 is 28.8 Å². The molecule has 200 valence electrons. The van der Waals surface area contributed by atoms with E-state index in [1.54, 1.807) is 6.92 Å². The van der Waals surface area contributed by atoms with Crippen molar-refractivity contribution in [3.63, 3.8) is 0 Å². The number of rotatable bonds is 15. The number of ether oxygens (including phenoxy) is 4. The Morgan fingerprint density at radius 2 is 1.77 bits per heavy atom. The summed E-state index contributed by atoms with van der Waals surface area (Å²) < 4.78 is 22.7. The predicted molar refractivity (Wildman–Crippen MR) is 137 cm³/mol. The van der Waals surface area contributed by atoms with Crippen LogP contribution in [0.3, 0.4) is 0 Å². The van der Waals surface area contributed by atoms with Crippen LogP contribution < -0.4 is 0 Å². The molecular formula is C27H44O7S. The van der Waals surface area contributed by atoms with Crippen molar-refractivity contribution in [2.75, 3.05) is 20.3 Å². The highest BCUT2D eigenvalue weighted by molar-refractivity contribution is 8.14. The minimum Gasteiger partial charge on any atom is -0.469 e. The third kappa shape index (κ3) is 10.3. The maximum atomic E-state index is 12.0. The van der Waals surface area contributed by atoms with E-state index in [0.29, 0.717) is 26.1 Å². The molecule has 0 aromatic rings. The van der Waals surface area contributed by atoms with Crippen LogP contribution in [0.5, 0.6) is 0 Å². The molecule has 1 aliphatic heterocycles. The first-order chi connectivity index (χ1) is 16.8. The molecule has 1 saturated heterocycles. The van der Waals surface area contributed by atoms with E-state index in [0.717, 1.165) is 57.8 Å². The number of carbonyl (C=O) groups is 3. The minimum absolute atomic E-state index is 0.0894. The topological polar surface area (TPSA) is 88.1 Å². The van der Waals surface area contributed by atoms with Crippen LogP contribution in [0.15, 0.2) is 12.2 Å². The Bertz CT molecular complexity index is 702. The van der Waals surface area contributed by atoms with Gasteiger partial charge in [0.15, 0.2) is 10.9 Å². The average Bonchev–Trinajstić information content (AvgIpc) is 3.39. The summed E-state index contributed by atoms with van der Waals surface area (Å²) in [5, 5.41) is 0.190. The van der Waals surface area contributed by atoms with Gasteiger partial charge in [-0.2, -0.15) is 0 Å². The largest absolute Gasteiger partial charge is 0.469 e. The number of thioether (sulfide) groups is 1. The molecule has 0 radical (unpaired) electrons. The molecule has 8 heteroatoms. The van der Waals surface area contributed by atoms with Crippen LogP contribution in [0.25, 0.3) is 0 Å². The third-order valence-electron chi connectivity index (χ3n) is 6.99. The molecule has 0 amide bonds. The maximum absolute atomic E-state index is 12.0. The van der Waals surface area contributed by atoms with Gasteiger partial charge in [-0.1, -0.05) is 43.7 Å². The van der Waals surface area contributed by atoms with Crippen LogP contribution in [0, 0.1) is 11.8 Å². The molecule has 0 aromatic carbocycles. The van der Waals surface area contributed by atoms with Gasteiger partial charge in [-0.15, -0.1) is 0 Å². The molecule has 2 fully saturated rings. The van der Waals surface area contributed by atoms with Gasteiger partial charge in [0.2, 0.25) is 0 Å². The summed E-state index contributed by atoms with van der Waals surface area (Å²) in [6.07, 6.45) is 13.3. The number of allylic oxidation sites excluding steroid dienone is 2. The van der Waals surface area contributed by atoms with Crippen LogP contribution in [0.4, 0.5) is 0 Å². The average molecular weight is 513 g/mol. The summed E-state index contributed by atoms with van der Waals surface area (Å²) in [6, 6.07) is 0. The number of carbonyl (C=O) groups excluding carboxylic acids is 3. The smallest absolute Gasteiger partial charge is 0.305 e. The molecule has 35 heavy (non-hydrogen) atoms. The van der Waals surface area contributed by atoms with Crippen molar-refractivity contribution < 1.29 is 33.3 Å². The van der Waals surface area contributed by atoms with Gasteiger partial charge in [0.25, 0.3) is 0 Å². The van der Waals surface area contributed by atoms with Crippen LogP contribution in [0.1, 0.15) is 91.4 Å². The van der Waals surface area contributed by atoms with E-state index in [4.69, 9.17) is 18.9 Å². The van der Waals surface area contributed by atoms with Gasteiger partial charge in [-0.25, -0.2) is 0 Å². The van der Waals surface area contributed by atoms with E-state index in [1.807, 2.05) is 0 Å². The second-order valence-corrected chi connectivity index (χ2v) is 11.1. The highest BCUT2D eigenvalue weighted by Crippen LogP contribution is 2.47. The fourth-order valence-electron chi connectivity index (χ4n) is 5.33. The number of hydrogen-bond acceptors (Lipinski definition) is 8. The second kappa shape index (κ2) is 15.7. The maximum Gasteiger partial charge on any atom is 0.305 e. The molecule has 2 aliphatic rings. The fraction of sp³-hybridized carbons (Fsp3) is 0.815. The molecule has 1 heterocycles. The molecule has 2 rings (SSSR count). The zero-order valence-electron chi connectivity index (χ0n) is 21.9. The Morgan fingerprint density at radius 3 is 2.40 bits per heavy atom. The van der Waals surface area contributed by atoms with Crippen LogP contribution in [0.2, 0.25) is 0 Å². The van der Waals surface area contributed by atoms with E-state index >= 15 is 0 Å². The Hall–Kier alpha value is -1.38. The summed E-state index contributed by atoms with van der Waals surface area (Å²) in [6.45, 7) is 6.48. The van der Waals surface area contributed by atoms with Crippen molar-refractivity contribution in [3.05, 3.63) is 12.2 Å². The molecule has 0 bridgehead atoms. The first kappa shape index (κ1) is 29.8. The third-order valence-corrected chi connectivity index (χ3v) is 8.17. The molecule has 0 spiro atoms. The molecule has 0 N–H and O–H groups in total. The number of unbranched alkanes of at least 4 members (excludes halogenated alkanes) is 3. The molecule has 7 nitrogen and oxygen atoms in total. The zero-order valence-corrected chi connectivity index (χ0v) is 22.7. The summed E-state index contributed by atoms with van der Waals surface area (Å²) >= 11 is 1.37. The van der Waals surface area contributed by atoms with Gasteiger partial charge < -0.3 is 18.9 Å². The Kier molecular flexibility index (Phi) is 13.4. The molecule has 1 saturated carbocycles. The number of methoxy groups -OCH3 is 1. The number of esters is 2. The van der Waals surface area contributed by atoms with Crippen molar-refractivity contribution in [1.29, 1.82) is 0 Å². The second-order valence-electron chi connectivity index (χ2n) is 9.64. The fourth-order valence-corrected chi connectivity index (χ4v) is 6.56. The quantitative estimate of drug-likeness (QED) is 0.159. The Balaban J connectivity index is 2.09. The molecular weight excluding hydrogens is 468 g/mol. The van der Waals surface area contributed by atoms with Gasteiger partial charge >= 0.3 is 11.9 Å². The van der Waals surface area contributed by atoms with Crippen molar-refractivity contribution in [3.8, 4) is 0 Å². The molecule has 1 aliphatic carbocycles. The normalized spacial score (nSPS) is 25.7. The van der Waals surface area contributed by atoms with Crippen LogP contribution in [-0.4, -0.2) is 54.5 Å².